The van der Waals surface area contributed by atoms with Crippen molar-refractivity contribution in [3.8, 4) is 0 Å². The van der Waals surface area contributed by atoms with Gasteiger partial charge in [0.2, 0.25) is 0 Å². The van der Waals surface area contributed by atoms with E-state index in [1.165, 1.54) is 6.92 Å². The third kappa shape index (κ3) is 2.68. The van der Waals surface area contributed by atoms with Gasteiger partial charge in [-0.25, -0.2) is 18.4 Å². The molecule has 0 bridgehead atoms. The molecule has 0 saturated carbocycles. The first-order valence-electron chi connectivity index (χ1n) is 4.82. The molecule has 7 heteroatoms. The second-order valence-corrected chi connectivity index (χ2v) is 3.17. The topological polar surface area (TPSA) is 80.7 Å². The predicted molar refractivity (Wildman–Crippen MR) is 54.3 cm³/mol. The number of halogens is 2. The molecule has 0 aromatic heterocycles. The average Bonchev–Trinajstić information content (AvgIpc) is 2.30. The van der Waals surface area contributed by atoms with Crippen LogP contribution in [0.5, 0.6) is 0 Å². The molecule has 96 valence electrons. The molecule has 0 saturated heterocycles. The molecule has 1 rings (SSSR count). The molecule has 0 spiro atoms. The van der Waals surface area contributed by atoms with Gasteiger partial charge in [-0.15, -0.1) is 0 Å². The number of Topliss-reactive ketones (excluding diaryl/α,β-unsaturated/α-hetero) is 1. The van der Waals surface area contributed by atoms with Gasteiger partial charge in [0.25, 0.3) is 5.78 Å². The zero-order chi connectivity index (χ0) is 13.9. The van der Waals surface area contributed by atoms with Gasteiger partial charge in [0.05, 0.1) is 17.7 Å². The molecule has 1 aromatic carbocycles. The van der Waals surface area contributed by atoms with Crippen molar-refractivity contribution in [1.82, 2.24) is 0 Å². The number of hydrogen-bond donors (Lipinski definition) is 1. The fourth-order valence-corrected chi connectivity index (χ4v) is 1.19. The number of carbonyl (C=O) groups excluding carboxylic acids is 2. The van der Waals surface area contributed by atoms with Crippen LogP contribution in [0.4, 0.5) is 8.78 Å². The zero-order valence-electron chi connectivity index (χ0n) is 9.20. The van der Waals surface area contributed by atoms with Gasteiger partial charge in [-0.1, -0.05) is 0 Å². The highest BCUT2D eigenvalue weighted by Gasteiger charge is 2.24. The van der Waals surface area contributed by atoms with Crippen LogP contribution in [-0.4, -0.2) is 29.4 Å². The Kier molecular flexibility index (Phi) is 4.09. The summed E-state index contributed by atoms with van der Waals surface area (Å²) in [5, 5.41) is 8.53. The molecular weight excluding hydrogens is 250 g/mol. The van der Waals surface area contributed by atoms with Gasteiger partial charge in [0, 0.05) is 0 Å². The van der Waals surface area contributed by atoms with Crippen LogP contribution >= 0.6 is 0 Å². The minimum atomic E-state index is -1.68. The summed E-state index contributed by atoms with van der Waals surface area (Å²) < 4.78 is 31.0. The van der Waals surface area contributed by atoms with E-state index in [-0.39, 0.29) is 6.61 Å². The Morgan fingerprint density at radius 2 is 1.67 bits per heavy atom. The highest BCUT2D eigenvalue weighted by molar-refractivity contribution is 6.40. The number of rotatable bonds is 4. The first kappa shape index (κ1) is 13.8. The third-order valence-corrected chi connectivity index (χ3v) is 1.99. The number of carboxylic acids is 1. The van der Waals surface area contributed by atoms with E-state index in [2.05, 4.69) is 4.74 Å². The molecule has 0 atom stereocenters. The van der Waals surface area contributed by atoms with Crippen LogP contribution in [0.2, 0.25) is 0 Å². The molecule has 0 aliphatic rings. The van der Waals surface area contributed by atoms with Crippen LogP contribution in [-0.2, 0) is 9.53 Å². The first-order chi connectivity index (χ1) is 8.38. The van der Waals surface area contributed by atoms with Gasteiger partial charge < -0.3 is 9.84 Å². The summed E-state index contributed by atoms with van der Waals surface area (Å²) in [5.41, 5.74) is -1.79. The summed E-state index contributed by atoms with van der Waals surface area (Å²) in [6, 6.07) is 0.697. The Morgan fingerprint density at radius 1 is 1.17 bits per heavy atom. The van der Waals surface area contributed by atoms with E-state index < -0.39 is 40.5 Å². The first-order valence-corrected chi connectivity index (χ1v) is 4.82. The number of hydrogen-bond acceptors (Lipinski definition) is 4. The van der Waals surface area contributed by atoms with E-state index in [1.54, 1.807) is 0 Å². The van der Waals surface area contributed by atoms with Crippen molar-refractivity contribution in [2.24, 2.45) is 0 Å². The smallest absolute Gasteiger partial charge is 0.379 e. The maximum absolute atomic E-state index is 13.4. The predicted octanol–water partition coefficient (Wildman–Crippen LogP) is 1.41. The minimum absolute atomic E-state index is 0.0954. The van der Waals surface area contributed by atoms with Crippen molar-refractivity contribution in [3.05, 3.63) is 34.9 Å². The lowest BCUT2D eigenvalue weighted by Crippen LogP contribution is -2.19. The molecule has 0 amide bonds. The maximum Gasteiger partial charge on any atom is 0.379 e. The number of carbonyl (C=O) groups is 3. The molecule has 0 aliphatic heterocycles. The van der Waals surface area contributed by atoms with Crippen LogP contribution < -0.4 is 0 Å². The van der Waals surface area contributed by atoms with Crippen molar-refractivity contribution < 1.29 is 33.0 Å². The van der Waals surface area contributed by atoms with E-state index in [4.69, 9.17) is 5.11 Å². The van der Waals surface area contributed by atoms with Gasteiger partial charge in [0.15, 0.2) is 0 Å². The normalized spacial score (nSPS) is 9.94. The van der Waals surface area contributed by atoms with Crippen molar-refractivity contribution in [2.45, 2.75) is 6.92 Å². The molecule has 5 nitrogen and oxygen atoms in total. The van der Waals surface area contributed by atoms with E-state index in [0.717, 1.165) is 0 Å². The minimum Gasteiger partial charge on any atom is -0.478 e. The lowest BCUT2D eigenvalue weighted by atomic mass is 10.1. The Hall–Kier alpha value is -2.31. The lowest BCUT2D eigenvalue weighted by molar-refractivity contribution is -0.137. The van der Waals surface area contributed by atoms with Crippen molar-refractivity contribution >= 4 is 17.7 Å². The molecule has 0 unspecified atom stereocenters. The van der Waals surface area contributed by atoms with Gasteiger partial charge >= 0.3 is 11.9 Å². The second-order valence-electron chi connectivity index (χ2n) is 3.17. The summed E-state index contributed by atoms with van der Waals surface area (Å²) in [6.45, 7) is 1.34. The number of esters is 1. The van der Waals surface area contributed by atoms with E-state index >= 15 is 0 Å². The number of carboxylic acid groups (broad SMARTS) is 1. The highest BCUT2D eigenvalue weighted by Crippen LogP contribution is 2.16. The van der Waals surface area contributed by atoms with Crippen LogP contribution in [0.1, 0.15) is 27.6 Å². The molecule has 0 heterocycles. The summed E-state index contributed by atoms with van der Waals surface area (Å²) >= 11 is 0. The van der Waals surface area contributed by atoms with E-state index in [9.17, 15) is 23.2 Å². The number of benzene rings is 1. The summed E-state index contributed by atoms with van der Waals surface area (Å²) in [4.78, 5) is 32.9. The third-order valence-electron chi connectivity index (χ3n) is 1.99. The van der Waals surface area contributed by atoms with Crippen molar-refractivity contribution in [2.75, 3.05) is 6.61 Å². The Morgan fingerprint density at radius 3 is 2.17 bits per heavy atom. The maximum atomic E-state index is 13.4. The Bertz CT molecular complexity index is 524. The molecule has 0 fully saturated rings. The molecular formula is C11H8F2O5. The average molecular weight is 258 g/mol. The SMILES string of the molecule is CCOC(=O)C(=O)c1cc(F)c(C(=O)O)cc1F. The molecule has 18 heavy (non-hydrogen) atoms. The highest BCUT2D eigenvalue weighted by atomic mass is 19.1. The molecule has 0 aliphatic carbocycles. The summed E-state index contributed by atoms with van der Waals surface area (Å²) in [5.74, 6) is -6.99. The second kappa shape index (κ2) is 5.35. The fraction of sp³-hybridized carbons (Fsp3) is 0.182. The quantitative estimate of drug-likeness (QED) is 0.501. The number of ketones is 1. The Labute approximate surface area is 100.0 Å². The van der Waals surface area contributed by atoms with Crippen LogP contribution in [0, 0.1) is 11.6 Å². The fourth-order valence-electron chi connectivity index (χ4n) is 1.19. The van der Waals surface area contributed by atoms with Crippen molar-refractivity contribution in [3.63, 3.8) is 0 Å². The van der Waals surface area contributed by atoms with Crippen molar-refractivity contribution in [1.29, 1.82) is 0 Å². The van der Waals surface area contributed by atoms with Gasteiger partial charge in [0.1, 0.15) is 11.6 Å². The molecule has 1 N–H and O–H groups in total. The van der Waals surface area contributed by atoms with E-state index in [1.807, 2.05) is 0 Å². The van der Waals surface area contributed by atoms with E-state index in [0.29, 0.717) is 12.1 Å². The number of aromatic carboxylic acids is 1. The van der Waals surface area contributed by atoms with Crippen LogP contribution in [0.3, 0.4) is 0 Å². The summed E-state index contributed by atoms with van der Waals surface area (Å²) in [6.07, 6.45) is 0. The monoisotopic (exact) mass is 258 g/mol. The largest absolute Gasteiger partial charge is 0.478 e. The lowest BCUT2D eigenvalue weighted by Gasteiger charge is -2.04. The Balaban J connectivity index is 3.20. The van der Waals surface area contributed by atoms with Gasteiger partial charge in [-0.2, -0.15) is 0 Å². The van der Waals surface area contributed by atoms with Gasteiger partial charge in [-0.05, 0) is 19.1 Å². The standard InChI is InChI=1S/C11H8F2O5/c1-2-18-11(17)9(14)5-3-8(13)6(10(15)16)4-7(5)12/h3-4H,2H2,1H3,(H,15,16). The number of ether oxygens (including phenoxy) is 1. The van der Waals surface area contributed by atoms with Gasteiger partial charge in [-0.3, -0.25) is 4.79 Å². The molecule has 1 aromatic rings. The van der Waals surface area contributed by atoms with Crippen LogP contribution in [0.15, 0.2) is 12.1 Å². The molecule has 0 radical (unpaired) electrons. The van der Waals surface area contributed by atoms with Crippen LogP contribution in [0.25, 0.3) is 0 Å². The zero-order valence-corrected chi connectivity index (χ0v) is 9.20. The summed E-state index contributed by atoms with van der Waals surface area (Å²) in [7, 11) is 0.